The Morgan fingerprint density at radius 1 is 0.210 bits per heavy atom. The highest BCUT2D eigenvalue weighted by atomic mass is 14.9. The van der Waals surface area contributed by atoms with Gasteiger partial charge in [0, 0.05) is 74.2 Å². The van der Waals surface area contributed by atoms with Crippen LogP contribution in [0.2, 0.25) is 0 Å². The van der Waals surface area contributed by atoms with Crippen molar-refractivity contribution in [3.05, 3.63) is 98.1 Å². The molecule has 4 heterocycles. The van der Waals surface area contributed by atoms with Crippen LogP contribution in [0.4, 0.5) is 0 Å². The summed E-state index contributed by atoms with van der Waals surface area (Å²) < 4.78 is 9.42. The Bertz CT molecular complexity index is 1470. The zero-order valence-electron chi connectivity index (χ0n) is 40.5. The Labute approximate surface area is 382 Å². The molecule has 0 saturated heterocycles. The van der Waals surface area contributed by atoms with Crippen molar-refractivity contribution >= 4 is 0 Å². The molecule has 0 atom stereocenters. The summed E-state index contributed by atoms with van der Waals surface area (Å²) in [5.41, 5.74) is 5.23. The highest BCUT2D eigenvalue weighted by Gasteiger charge is 2.09. The van der Waals surface area contributed by atoms with Crippen LogP contribution < -0.4 is 18.3 Å². The first kappa shape index (κ1) is 51.2. The van der Waals surface area contributed by atoms with Crippen LogP contribution in [0.5, 0.6) is 0 Å². The highest BCUT2D eigenvalue weighted by molar-refractivity contribution is 5.61. The standard InChI is InChI=1S/C58H94N4/c1-3-5-7-9-11-13-15-17-19-21-23-25-27-31-43-59-47-35-55(36-48-59)57-39-51-61(52-40-57)45-33-29-30-34-46-62-53-41-58(42-54-62)56-37-49-60(50-38-56)44-32-28-26-24-22-20-18-16-14-12-10-8-6-4-2/h35-42,47-54H,3-34,43-46H2,1-2H3/q+4. The second-order valence-electron chi connectivity index (χ2n) is 18.9. The van der Waals surface area contributed by atoms with E-state index in [-0.39, 0.29) is 0 Å². The third-order valence-electron chi connectivity index (χ3n) is 13.4. The summed E-state index contributed by atoms with van der Waals surface area (Å²) in [7, 11) is 0. The first-order valence-corrected chi connectivity index (χ1v) is 26.7. The molecule has 0 fully saturated rings. The minimum Gasteiger partial charge on any atom is -0.205 e. The number of aromatic nitrogens is 4. The molecule has 0 aliphatic rings. The van der Waals surface area contributed by atoms with Crippen molar-refractivity contribution in [2.75, 3.05) is 0 Å². The monoisotopic (exact) mass is 847 g/mol. The second kappa shape index (κ2) is 35.0. The van der Waals surface area contributed by atoms with Crippen LogP contribution in [-0.4, -0.2) is 0 Å². The molecular formula is C58H94N4+4. The van der Waals surface area contributed by atoms with Crippen molar-refractivity contribution in [2.45, 2.75) is 245 Å². The van der Waals surface area contributed by atoms with E-state index in [1.165, 1.54) is 228 Å². The smallest absolute Gasteiger partial charge is 0.169 e. The molecule has 0 aliphatic heterocycles. The molecule has 342 valence electrons. The van der Waals surface area contributed by atoms with Gasteiger partial charge in [-0.3, -0.25) is 0 Å². The van der Waals surface area contributed by atoms with Gasteiger partial charge >= 0.3 is 0 Å². The fourth-order valence-electron chi connectivity index (χ4n) is 9.12. The van der Waals surface area contributed by atoms with Gasteiger partial charge < -0.3 is 0 Å². The number of pyridine rings is 4. The first-order valence-electron chi connectivity index (χ1n) is 26.7. The van der Waals surface area contributed by atoms with E-state index in [4.69, 9.17) is 0 Å². The maximum atomic E-state index is 2.36. The van der Waals surface area contributed by atoms with Crippen LogP contribution in [0.25, 0.3) is 22.3 Å². The Balaban J connectivity index is 0.968. The normalized spacial score (nSPS) is 11.5. The zero-order valence-corrected chi connectivity index (χ0v) is 40.5. The van der Waals surface area contributed by atoms with Crippen molar-refractivity contribution < 1.29 is 18.3 Å². The molecule has 0 amide bonds. The Hall–Kier alpha value is -3.40. The van der Waals surface area contributed by atoms with E-state index in [2.05, 4.69) is 130 Å². The second-order valence-corrected chi connectivity index (χ2v) is 18.9. The van der Waals surface area contributed by atoms with Crippen LogP contribution >= 0.6 is 0 Å². The van der Waals surface area contributed by atoms with Gasteiger partial charge in [0.2, 0.25) is 0 Å². The SMILES string of the molecule is CCCCCCCCCCCCCCCC[n+]1ccc(-c2cc[n+](CCCCCC[n+]3ccc(-c4cc[n+](CCCCCCCCCCCCCCCC)cc4)cc3)cc2)cc1. The molecule has 0 saturated carbocycles. The predicted molar refractivity (Wildman–Crippen MR) is 264 cm³/mol. The number of aryl methyl sites for hydroxylation is 4. The zero-order chi connectivity index (χ0) is 43.4. The van der Waals surface area contributed by atoms with Crippen LogP contribution in [0.3, 0.4) is 0 Å². The number of rotatable bonds is 39. The molecule has 0 unspecified atom stereocenters. The molecule has 0 aliphatic carbocycles. The lowest BCUT2D eigenvalue weighted by molar-refractivity contribution is -0.698. The summed E-state index contributed by atoms with van der Waals surface area (Å²) in [4.78, 5) is 0. The molecule has 0 aromatic carbocycles. The molecule has 62 heavy (non-hydrogen) atoms. The van der Waals surface area contributed by atoms with Gasteiger partial charge in [-0.1, -0.05) is 168 Å². The molecule has 4 aromatic rings. The number of hydrogen-bond acceptors (Lipinski definition) is 0. The Kier molecular flexibility index (Phi) is 28.9. The van der Waals surface area contributed by atoms with E-state index < -0.39 is 0 Å². The Morgan fingerprint density at radius 3 is 0.516 bits per heavy atom. The largest absolute Gasteiger partial charge is 0.205 e. The van der Waals surface area contributed by atoms with Crippen molar-refractivity contribution in [3.8, 4) is 22.3 Å². The van der Waals surface area contributed by atoms with E-state index in [1.807, 2.05) is 0 Å². The Morgan fingerprint density at radius 2 is 0.355 bits per heavy atom. The highest BCUT2D eigenvalue weighted by Crippen LogP contribution is 2.18. The molecule has 0 bridgehead atoms. The fraction of sp³-hybridized carbons (Fsp3) is 0.655. The molecule has 0 spiro atoms. The topological polar surface area (TPSA) is 15.5 Å². The van der Waals surface area contributed by atoms with Crippen molar-refractivity contribution in [2.24, 2.45) is 0 Å². The van der Waals surface area contributed by atoms with E-state index in [0.717, 1.165) is 26.2 Å². The summed E-state index contributed by atoms with van der Waals surface area (Å²) in [6.07, 6.45) is 62.7. The minimum absolute atomic E-state index is 1.09. The quantitative estimate of drug-likeness (QED) is 0.0314. The van der Waals surface area contributed by atoms with Gasteiger partial charge in [0.1, 0.15) is 26.2 Å². The van der Waals surface area contributed by atoms with Crippen LogP contribution in [0.1, 0.15) is 219 Å². The van der Waals surface area contributed by atoms with Crippen LogP contribution in [0, 0.1) is 0 Å². The molecule has 4 aromatic heterocycles. The summed E-state index contributed by atoms with van der Waals surface area (Å²) in [6.45, 7) is 9.05. The predicted octanol–water partition coefficient (Wildman–Crippen LogP) is 15.4. The van der Waals surface area contributed by atoms with E-state index in [9.17, 15) is 0 Å². The maximum Gasteiger partial charge on any atom is 0.169 e. The third-order valence-corrected chi connectivity index (χ3v) is 13.4. The lowest BCUT2D eigenvalue weighted by Crippen LogP contribution is -2.33. The van der Waals surface area contributed by atoms with Crippen molar-refractivity contribution in [1.82, 2.24) is 0 Å². The summed E-state index contributed by atoms with van der Waals surface area (Å²) in [5, 5.41) is 0. The number of unbranched alkanes of at least 4 members (excludes halogenated alkanes) is 29. The first-order chi connectivity index (χ1) is 30.7. The minimum atomic E-state index is 1.09. The van der Waals surface area contributed by atoms with Gasteiger partial charge in [0.25, 0.3) is 0 Å². The summed E-state index contributed by atoms with van der Waals surface area (Å²) >= 11 is 0. The van der Waals surface area contributed by atoms with Gasteiger partial charge in [0.05, 0.1) is 0 Å². The fourth-order valence-corrected chi connectivity index (χ4v) is 9.12. The van der Waals surface area contributed by atoms with Gasteiger partial charge in [-0.15, -0.1) is 0 Å². The van der Waals surface area contributed by atoms with Crippen LogP contribution in [-0.2, 0) is 26.2 Å². The number of hydrogen-bond donors (Lipinski definition) is 0. The average Bonchev–Trinajstić information content (AvgIpc) is 3.31. The molecular weight excluding hydrogens is 753 g/mol. The van der Waals surface area contributed by atoms with Crippen molar-refractivity contribution in [1.29, 1.82) is 0 Å². The molecule has 4 nitrogen and oxygen atoms in total. The third kappa shape index (κ3) is 23.9. The summed E-state index contributed by atoms with van der Waals surface area (Å²) in [6, 6.07) is 18.3. The van der Waals surface area contributed by atoms with Crippen LogP contribution in [0.15, 0.2) is 98.1 Å². The van der Waals surface area contributed by atoms with Gasteiger partial charge in [-0.05, 0) is 47.9 Å². The van der Waals surface area contributed by atoms with E-state index in [0.29, 0.717) is 0 Å². The maximum absolute atomic E-state index is 2.36. The molecule has 4 heteroatoms. The summed E-state index contributed by atoms with van der Waals surface area (Å²) in [5.74, 6) is 0. The molecule has 0 N–H and O–H groups in total. The number of nitrogens with zero attached hydrogens (tertiary/aromatic N) is 4. The van der Waals surface area contributed by atoms with Gasteiger partial charge in [-0.2, -0.15) is 0 Å². The van der Waals surface area contributed by atoms with Crippen molar-refractivity contribution in [3.63, 3.8) is 0 Å². The lowest BCUT2D eigenvalue weighted by Gasteiger charge is -2.04. The molecule has 0 radical (unpaired) electrons. The van der Waals surface area contributed by atoms with E-state index >= 15 is 0 Å². The van der Waals surface area contributed by atoms with Gasteiger partial charge in [-0.25, -0.2) is 18.3 Å². The van der Waals surface area contributed by atoms with E-state index in [1.54, 1.807) is 0 Å². The lowest BCUT2D eigenvalue weighted by atomic mass is 10.0. The van der Waals surface area contributed by atoms with Gasteiger partial charge in [0.15, 0.2) is 49.6 Å². The molecule has 4 rings (SSSR count). The average molecular weight is 847 g/mol.